The van der Waals surface area contributed by atoms with Crippen LogP contribution in [0.2, 0.25) is 0 Å². The molecule has 0 unspecified atom stereocenters. The van der Waals surface area contributed by atoms with Gasteiger partial charge >= 0.3 is 0 Å². The highest BCUT2D eigenvalue weighted by Crippen LogP contribution is 2.19. The normalized spacial score (nSPS) is 10.2. The smallest absolute Gasteiger partial charge is 0.210 e. The molecule has 110 valence electrons. The molecule has 1 aromatic heterocycles. The minimum atomic E-state index is 0.153. The first-order valence-electron chi connectivity index (χ1n) is 6.46. The van der Waals surface area contributed by atoms with Crippen LogP contribution in [0.5, 0.6) is 5.75 Å². The molecule has 0 aliphatic heterocycles. The number of aromatic nitrogens is 1. The molecule has 0 spiro atoms. The Kier molecular flexibility index (Phi) is 4.70. The summed E-state index contributed by atoms with van der Waals surface area (Å²) >= 11 is 5.58. The number of fused-ring (bicyclic) bond motifs is 1. The van der Waals surface area contributed by atoms with Crippen LogP contribution in [-0.2, 0) is 5.88 Å². The monoisotopic (exact) mass is 304 g/mol. The highest BCUT2D eigenvalue weighted by Gasteiger charge is 2.03. The number of rotatable bonds is 1. The number of alkyl halides is 1. The van der Waals surface area contributed by atoms with E-state index in [1.807, 2.05) is 38.1 Å². The number of aromatic hydroxyl groups is 1. The molecule has 3 N–H and O–H groups in total. The number of hydrogen-bond donors (Lipinski definition) is 2. The van der Waals surface area contributed by atoms with Crippen molar-refractivity contribution in [2.24, 2.45) is 0 Å². The SMILES string of the molecule is Cc1ccc(O)c(N)c1.Cc1ccc2oc(CCl)nc2c1. The van der Waals surface area contributed by atoms with Gasteiger partial charge in [0, 0.05) is 0 Å². The second kappa shape index (κ2) is 6.50. The molecule has 0 amide bonds. The lowest BCUT2D eigenvalue weighted by Gasteiger charge is -1.97. The fraction of sp³-hybridized carbons (Fsp3) is 0.188. The van der Waals surface area contributed by atoms with Crippen molar-refractivity contribution >= 4 is 28.4 Å². The van der Waals surface area contributed by atoms with Gasteiger partial charge in [-0.1, -0.05) is 12.1 Å². The van der Waals surface area contributed by atoms with E-state index in [1.54, 1.807) is 12.1 Å². The number of hydrogen-bond acceptors (Lipinski definition) is 4. The lowest BCUT2D eigenvalue weighted by atomic mass is 10.2. The number of oxazole rings is 1. The Hall–Kier alpha value is -2.20. The molecule has 0 bridgehead atoms. The number of halogens is 1. The van der Waals surface area contributed by atoms with Gasteiger partial charge in [0.15, 0.2) is 5.58 Å². The number of benzene rings is 2. The van der Waals surface area contributed by atoms with Crippen molar-refractivity contribution in [3.8, 4) is 5.75 Å². The van der Waals surface area contributed by atoms with Crippen LogP contribution >= 0.6 is 11.6 Å². The van der Waals surface area contributed by atoms with Crippen molar-refractivity contribution in [2.45, 2.75) is 19.7 Å². The summed E-state index contributed by atoms with van der Waals surface area (Å²) in [5.41, 5.74) is 9.73. The maximum Gasteiger partial charge on any atom is 0.210 e. The Balaban J connectivity index is 0.000000161. The summed E-state index contributed by atoms with van der Waals surface area (Å²) in [6.45, 7) is 3.95. The van der Waals surface area contributed by atoms with Gasteiger partial charge in [-0.3, -0.25) is 0 Å². The fourth-order valence-corrected chi connectivity index (χ4v) is 1.93. The molecule has 0 atom stereocenters. The van der Waals surface area contributed by atoms with E-state index in [4.69, 9.17) is 26.9 Å². The van der Waals surface area contributed by atoms with E-state index in [2.05, 4.69) is 4.98 Å². The molecule has 21 heavy (non-hydrogen) atoms. The molecule has 0 aliphatic rings. The molecule has 4 nitrogen and oxygen atoms in total. The highest BCUT2D eigenvalue weighted by molar-refractivity contribution is 6.16. The van der Waals surface area contributed by atoms with Crippen LogP contribution in [0.25, 0.3) is 11.1 Å². The van der Waals surface area contributed by atoms with Crippen molar-refractivity contribution in [1.82, 2.24) is 4.98 Å². The largest absolute Gasteiger partial charge is 0.506 e. The van der Waals surface area contributed by atoms with E-state index in [9.17, 15) is 0 Å². The van der Waals surface area contributed by atoms with Crippen LogP contribution < -0.4 is 5.73 Å². The maximum absolute atomic E-state index is 8.92. The summed E-state index contributed by atoms with van der Waals surface area (Å²) in [5, 5.41) is 8.92. The van der Waals surface area contributed by atoms with Gasteiger partial charge in [0.25, 0.3) is 0 Å². The van der Waals surface area contributed by atoms with Crippen molar-refractivity contribution in [1.29, 1.82) is 0 Å². The third-order valence-corrected chi connectivity index (χ3v) is 3.11. The van der Waals surface area contributed by atoms with Crippen LogP contribution in [0.1, 0.15) is 17.0 Å². The summed E-state index contributed by atoms with van der Waals surface area (Å²) in [6, 6.07) is 11.0. The quantitative estimate of drug-likeness (QED) is 0.402. The predicted octanol–water partition coefficient (Wildman–Crippen LogP) is 4.16. The minimum absolute atomic E-state index is 0.153. The van der Waals surface area contributed by atoms with Gasteiger partial charge in [-0.2, -0.15) is 0 Å². The lowest BCUT2D eigenvalue weighted by molar-refractivity contribution is 0.478. The molecule has 0 radical (unpaired) electrons. The van der Waals surface area contributed by atoms with E-state index in [-0.39, 0.29) is 5.75 Å². The first kappa shape index (κ1) is 15.2. The molecule has 3 aromatic rings. The van der Waals surface area contributed by atoms with Gasteiger partial charge in [0.05, 0.1) is 11.6 Å². The molecular formula is C16H17ClN2O2. The van der Waals surface area contributed by atoms with Gasteiger partial charge < -0.3 is 15.3 Å². The summed E-state index contributed by atoms with van der Waals surface area (Å²) in [5.74, 6) is 1.06. The number of anilines is 1. The highest BCUT2D eigenvalue weighted by atomic mass is 35.5. The topological polar surface area (TPSA) is 72.3 Å². The van der Waals surface area contributed by atoms with Crippen molar-refractivity contribution in [2.75, 3.05) is 5.73 Å². The van der Waals surface area contributed by atoms with E-state index in [1.165, 1.54) is 5.56 Å². The van der Waals surface area contributed by atoms with E-state index in [0.717, 1.165) is 16.7 Å². The predicted molar refractivity (Wildman–Crippen MR) is 85.6 cm³/mol. The molecule has 0 saturated carbocycles. The van der Waals surface area contributed by atoms with Gasteiger partial charge in [-0.05, 0) is 49.2 Å². The molecule has 1 heterocycles. The number of nitrogen functional groups attached to an aromatic ring is 1. The summed E-state index contributed by atoms with van der Waals surface area (Å²) < 4.78 is 5.33. The standard InChI is InChI=1S/C9H8ClNO.C7H9NO/c1-6-2-3-8-7(4-6)11-9(5-10)12-8;1-5-2-3-7(9)6(8)4-5/h2-4H,5H2,1H3;2-4,9H,8H2,1H3. The Bertz CT molecular complexity index is 753. The zero-order valence-corrected chi connectivity index (χ0v) is 12.7. The third-order valence-electron chi connectivity index (χ3n) is 2.88. The first-order chi connectivity index (χ1) is 9.99. The average molecular weight is 305 g/mol. The Morgan fingerprint density at radius 3 is 2.43 bits per heavy atom. The Morgan fingerprint density at radius 1 is 1.14 bits per heavy atom. The van der Waals surface area contributed by atoms with Gasteiger partial charge in [-0.15, -0.1) is 11.6 Å². The number of phenolic OH excluding ortho intramolecular Hbond substituents is 1. The summed E-state index contributed by atoms with van der Waals surface area (Å²) in [4.78, 5) is 4.19. The van der Waals surface area contributed by atoms with Crippen LogP contribution in [0.3, 0.4) is 0 Å². The Labute approximate surface area is 128 Å². The second-order valence-corrected chi connectivity index (χ2v) is 5.04. The molecule has 0 fully saturated rings. The maximum atomic E-state index is 8.92. The van der Waals surface area contributed by atoms with Crippen LogP contribution in [0, 0.1) is 13.8 Å². The van der Waals surface area contributed by atoms with Gasteiger partial charge in [-0.25, -0.2) is 4.98 Å². The molecule has 5 heteroatoms. The minimum Gasteiger partial charge on any atom is -0.506 e. The van der Waals surface area contributed by atoms with Crippen molar-refractivity contribution < 1.29 is 9.52 Å². The van der Waals surface area contributed by atoms with Crippen molar-refractivity contribution in [3.63, 3.8) is 0 Å². The van der Waals surface area contributed by atoms with E-state index >= 15 is 0 Å². The number of nitrogens with two attached hydrogens (primary N) is 1. The average Bonchev–Trinajstić information content (AvgIpc) is 2.86. The number of phenols is 1. The zero-order chi connectivity index (χ0) is 15.4. The lowest BCUT2D eigenvalue weighted by Crippen LogP contribution is -1.85. The summed E-state index contributed by atoms with van der Waals surface area (Å²) in [6.07, 6.45) is 0. The number of aryl methyl sites for hydroxylation is 2. The molecule has 0 saturated heterocycles. The van der Waals surface area contributed by atoms with Crippen LogP contribution in [-0.4, -0.2) is 10.1 Å². The van der Waals surface area contributed by atoms with Crippen LogP contribution in [0.4, 0.5) is 5.69 Å². The van der Waals surface area contributed by atoms with Gasteiger partial charge in [0.1, 0.15) is 11.3 Å². The fourth-order valence-electron chi connectivity index (χ4n) is 1.82. The molecular weight excluding hydrogens is 288 g/mol. The van der Waals surface area contributed by atoms with Crippen molar-refractivity contribution in [3.05, 3.63) is 53.4 Å². The third kappa shape index (κ3) is 3.89. The molecule has 2 aromatic carbocycles. The zero-order valence-electron chi connectivity index (χ0n) is 11.9. The summed E-state index contributed by atoms with van der Waals surface area (Å²) in [7, 11) is 0. The molecule has 3 rings (SSSR count). The molecule has 0 aliphatic carbocycles. The first-order valence-corrected chi connectivity index (χ1v) is 7.00. The van der Waals surface area contributed by atoms with E-state index < -0.39 is 0 Å². The van der Waals surface area contributed by atoms with Gasteiger partial charge in [0.2, 0.25) is 5.89 Å². The number of nitrogens with zero attached hydrogens (tertiary/aromatic N) is 1. The van der Waals surface area contributed by atoms with E-state index in [0.29, 0.717) is 17.5 Å². The second-order valence-electron chi connectivity index (χ2n) is 4.77. The Morgan fingerprint density at radius 2 is 1.81 bits per heavy atom. The van der Waals surface area contributed by atoms with Crippen LogP contribution in [0.15, 0.2) is 40.8 Å².